The molecule has 0 fully saturated rings. The maximum absolute atomic E-state index is 11.8. The third kappa shape index (κ3) is 4.25. The molecule has 0 aliphatic carbocycles. The fraction of sp³-hybridized carbons (Fsp3) is 0.333. The number of nitrogens with zero attached hydrogens (tertiary/aromatic N) is 1. The molecule has 5 nitrogen and oxygen atoms in total. The fourth-order valence-corrected chi connectivity index (χ4v) is 1.53. The van der Waals surface area contributed by atoms with Crippen molar-refractivity contribution in [2.45, 2.75) is 19.8 Å². The lowest BCUT2D eigenvalue weighted by Gasteiger charge is -2.06. The van der Waals surface area contributed by atoms with Crippen molar-refractivity contribution in [1.29, 1.82) is 0 Å². The molecule has 0 bridgehead atoms. The highest BCUT2D eigenvalue weighted by molar-refractivity contribution is 6.31. The molecular formula is C12H16ClN3O2. The Labute approximate surface area is 111 Å². The third-order valence-electron chi connectivity index (χ3n) is 2.44. The second-order valence-electron chi connectivity index (χ2n) is 3.91. The SMILES string of the molecule is Cc1cc(C(=O)NCCC/C(N)=N/O)ccc1Cl. The minimum absolute atomic E-state index is 0.158. The molecule has 1 rings (SSSR count). The number of carbonyl (C=O) groups is 1. The van der Waals surface area contributed by atoms with Gasteiger partial charge in [-0.15, -0.1) is 0 Å². The van der Waals surface area contributed by atoms with Gasteiger partial charge in [0, 0.05) is 23.6 Å². The van der Waals surface area contributed by atoms with E-state index in [-0.39, 0.29) is 11.7 Å². The Morgan fingerprint density at radius 3 is 2.89 bits per heavy atom. The molecule has 1 amide bonds. The van der Waals surface area contributed by atoms with Gasteiger partial charge >= 0.3 is 0 Å². The van der Waals surface area contributed by atoms with Crippen molar-refractivity contribution in [3.8, 4) is 0 Å². The molecule has 0 atom stereocenters. The lowest BCUT2D eigenvalue weighted by molar-refractivity contribution is 0.0953. The molecule has 1 aromatic rings. The predicted molar refractivity (Wildman–Crippen MR) is 71.2 cm³/mol. The van der Waals surface area contributed by atoms with Crippen LogP contribution in [0.5, 0.6) is 0 Å². The summed E-state index contributed by atoms with van der Waals surface area (Å²) in [6.45, 7) is 2.31. The van der Waals surface area contributed by atoms with E-state index in [1.165, 1.54) is 0 Å². The van der Waals surface area contributed by atoms with Crippen LogP contribution in [0.3, 0.4) is 0 Å². The summed E-state index contributed by atoms with van der Waals surface area (Å²) in [4.78, 5) is 11.8. The molecule has 0 spiro atoms. The quantitative estimate of drug-likeness (QED) is 0.251. The Morgan fingerprint density at radius 2 is 2.28 bits per heavy atom. The number of carbonyl (C=O) groups excluding carboxylic acids is 1. The van der Waals surface area contributed by atoms with Crippen LogP contribution >= 0.6 is 11.6 Å². The summed E-state index contributed by atoms with van der Waals surface area (Å²) in [7, 11) is 0. The molecule has 18 heavy (non-hydrogen) atoms. The molecule has 0 aromatic heterocycles. The summed E-state index contributed by atoms with van der Waals surface area (Å²) in [6, 6.07) is 5.11. The number of halogens is 1. The summed E-state index contributed by atoms with van der Waals surface area (Å²) in [5.74, 6) is 0.000798. The van der Waals surface area contributed by atoms with E-state index in [1.807, 2.05) is 6.92 Å². The number of rotatable bonds is 5. The summed E-state index contributed by atoms with van der Waals surface area (Å²) < 4.78 is 0. The predicted octanol–water partition coefficient (Wildman–Crippen LogP) is 1.90. The van der Waals surface area contributed by atoms with Gasteiger partial charge in [-0.05, 0) is 37.1 Å². The van der Waals surface area contributed by atoms with Gasteiger partial charge in [0.1, 0.15) is 5.84 Å². The Bertz CT molecular complexity index is 461. The molecule has 0 aliphatic rings. The van der Waals surface area contributed by atoms with Gasteiger partial charge < -0.3 is 16.3 Å². The van der Waals surface area contributed by atoms with Crippen LogP contribution < -0.4 is 11.1 Å². The molecule has 0 aliphatic heterocycles. The molecule has 6 heteroatoms. The average Bonchev–Trinajstić information content (AvgIpc) is 2.37. The zero-order valence-corrected chi connectivity index (χ0v) is 10.9. The van der Waals surface area contributed by atoms with Crippen LogP contribution in [0.25, 0.3) is 0 Å². The van der Waals surface area contributed by atoms with Crippen molar-refractivity contribution in [2.24, 2.45) is 10.9 Å². The number of benzene rings is 1. The largest absolute Gasteiger partial charge is 0.409 e. The minimum atomic E-state index is -0.158. The standard InChI is InChI=1S/C12H16ClN3O2/c1-8-7-9(4-5-10(8)13)12(17)15-6-2-3-11(14)16-18/h4-5,7,18H,2-3,6H2,1H3,(H2,14,16)(H,15,17). The molecule has 1 aromatic carbocycles. The molecular weight excluding hydrogens is 254 g/mol. The Balaban J connectivity index is 2.43. The van der Waals surface area contributed by atoms with Crippen LogP contribution in [0.2, 0.25) is 5.02 Å². The normalized spacial score (nSPS) is 11.3. The number of hydrogen-bond acceptors (Lipinski definition) is 3. The summed E-state index contributed by atoms with van der Waals surface area (Å²) in [5, 5.41) is 14.6. The molecule has 4 N–H and O–H groups in total. The molecule has 0 radical (unpaired) electrons. The number of oxime groups is 1. The first-order valence-corrected chi connectivity index (χ1v) is 5.93. The Kier molecular flexibility index (Phi) is 5.45. The summed E-state index contributed by atoms with van der Waals surface area (Å²) in [5.41, 5.74) is 6.74. The van der Waals surface area contributed by atoms with Crippen molar-refractivity contribution in [3.63, 3.8) is 0 Å². The van der Waals surface area contributed by atoms with E-state index in [1.54, 1.807) is 18.2 Å². The van der Waals surface area contributed by atoms with Crippen molar-refractivity contribution in [1.82, 2.24) is 5.32 Å². The van der Waals surface area contributed by atoms with Gasteiger partial charge in [-0.2, -0.15) is 0 Å². The van der Waals surface area contributed by atoms with Gasteiger partial charge in [-0.25, -0.2) is 0 Å². The number of nitrogens with one attached hydrogen (secondary N) is 1. The number of amidine groups is 1. The van der Waals surface area contributed by atoms with Crippen LogP contribution in [-0.4, -0.2) is 23.5 Å². The molecule has 0 saturated carbocycles. The Hall–Kier alpha value is -1.75. The molecule has 0 unspecified atom stereocenters. The summed E-state index contributed by atoms with van der Waals surface area (Å²) in [6.07, 6.45) is 1.06. The molecule has 0 heterocycles. The van der Waals surface area contributed by atoms with Crippen LogP contribution in [0.4, 0.5) is 0 Å². The van der Waals surface area contributed by atoms with Gasteiger partial charge in [-0.3, -0.25) is 4.79 Å². The van der Waals surface area contributed by atoms with Crippen molar-refractivity contribution in [3.05, 3.63) is 34.3 Å². The second kappa shape index (κ2) is 6.86. The van der Waals surface area contributed by atoms with E-state index in [0.29, 0.717) is 30.0 Å². The number of nitrogens with two attached hydrogens (primary N) is 1. The first-order valence-electron chi connectivity index (χ1n) is 5.55. The monoisotopic (exact) mass is 269 g/mol. The lowest BCUT2D eigenvalue weighted by atomic mass is 10.1. The van der Waals surface area contributed by atoms with Crippen LogP contribution in [0.15, 0.2) is 23.4 Å². The zero-order chi connectivity index (χ0) is 13.5. The zero-order valence-electron chi connectivity index (χ0n) is 10.1. The van der Waals surface area contributed by atoms with E-state index in [0.717, 1.165) is 5.56 Å². The third-order valence-corrected chi connectivity index (χ3v) is 2.87. The van der Waals surface area contributed by atoms with Gasteiger partial charge in [0.2, 0.25) is 0 Å². The topological polar surface area (TPSA) is 87.7 Å². The van der Waals surface area contributed by atoms with Gasteiger partial charge in [0.25, 0.3) is 5.91 Å². The maximum atomic E-state index is 11.8. The van der Waals surface area contributed by atoms with Gasteiger partial charge in [-0.1, -0.05) is 16.8 Å². The fourth-order valence-electron chi connectivity index (χ4n) is 1.41. The highest BCUT2D eigenvalue weighted by atomic mass is 35.5. The van der Waals surface area contributed by atoms with E-state index < -0.39 is 0 Å². The minimum Gasteiger partial charge on any atom is -0.409 e. The number of aryl methyl sites for hydroxylation is 1. The maximum Gasteiger partial charge on any atom is 0.251 e. The Morgan fingerprint density at radius 1 is 1.56 bits per heavy atom. The van der Waals surface area contributed by atoms with Crippen LogP contribution in [0.1, 0.15) is 28.8 Å². The highest BCUT2D eigenvalue weighted by Gasteiger charge is 2.06. The number of hydrogen-bond donors (Lipinski definition) is 3. The van der Waals surface area contributed by atoms with E-state index in [9.17, 15) is 4.79 Å². The molecule has 0 saturated heterocycles. The lowest BCUT2D eigenvalue weighted by Crippen LogP contribution is -2.25. The number of amides is 1. The smallest absolute Gasteiger partial charge is 0.251 e. The second-order valence-corrected chi connectivity index (χ2v) is 4.32. The van der Waals surface area contributed by atoms with Crippen molar-refractivity contribution in [2.75, 3.05) is 6.54 Å². The van der Waals surface area contributed by atoms with Crippen LogP contribution in [-0.2, 0) is 0 Å². The average molecular weight is 270 g/mol. The van der Waals surface area contributed by atoms with Gasteiger partial charge in [0.15, 0.2) is 0 Å². The van der Waals surface area contributed by atoms with E-state index in [2.05, 4.69) is 10.5 Å². The first kappa shape index (κ1) is 14.3. The van der Waals surface area contributed by atoms with Gasteiger partial charge in [0.05, 0.1) is 0 Å². The first-order chi connectivity index (χ1) is 8.54. The van der Waals surface area contributed by atoms with Crippen LogP contribution in [0, 0.1) is 6.92 Å². The van der Waals surface area contributed by atoms with E-state index in [4.69, 9.17) is 22.5 Å². The molecule has 98 valence electrons. The summed E-state index contributed by atoms with van der Waals surface area (Å²) >= 11 is 5.88. The van der Waals surface area contributed by atoms with Crippen molar-refractivity contribution >= 4 is 23.3 Å². The highest BCUT2D eigenvalue weighted by Crippen LogP contribution is 2.16. The van der Waals surface area contributed by atoms with E-state index >= 15 is 0 Å². The van der Waals surface area contributed by atoms with Crippen molar-refractivity contribution < 1.29 is 10.0 Å².